The molecule has 0 aliphatic rings. The lowest BCUT2D eigenvalue weighted by Crippen LogP contribution is -1.93. The van der Waals surface area contributed by atoms with Crippen molar-refractivity contribution in [1.29, 1.82) is 0 Å². The molecule has 0 N–H and O–H groups in total. The highest BCUT2D eigenvalue weighted by molar-refractivity contribution is 9.11. The molecule has 17 heavy (non-hydrogen) atoms. The van der Waals surface area contributed by atoms with Crippen LogP contribution in [0.5, 0.6) is 0 Å². The number of hydrogen-bond acceptors (Lipinski definition) is 2. The van der Waals surface area contributed by atoms with Crippen LogP contribution in [0.25, 0.3) is 16.6 Å². The summed E-state index contributed by atoms with van der Waals surface area (Å²) in [6.45, 7) is 0. The Bertz CT molecular complexity index is 638. The van der Waals surface area contributed by atoms with E-state index < -0.39 is 0 Å². The van der Waals surface area contributed by atoms with Gasteiger partial charge in [-0.1, -0.05) is 15.9 Å². The van der Waals surface area contributed by atoms with E-state index in [4.69, 9.17) is 0 Å². The molecule has 84 valence electrons. The van der Waals surface area contributed by atoms with Crippen LogP contribution >= 0.6 is 31.9 Å². The molecule has 0 amide bonds. The van der Waals surface area contributed by atoms with Crippen molar-refractivity contribution in [1.82, 2.24) is 14.8 Å². The fourth-order valence-corrected chi connectivity index (χ4v) is 2.52. The molecule has 5 heteroatoms. The predicted molar refractivity (Wildman–Crippen MR) is 74.3 cm³/mol. The number of benzene rings is 1. The first kappa shape index (κ1) is 10.9. The van der Waals surface area contributed by atoms with Crippen molar-refractivity contribution >= 4 is 42.8 Å². The van der Waals surface area contributed by atoms with Gasteiger partial charge in [-0.15, -0.1) is 0 Å². The molecule has 0 aliphatic carbocycles. The Morgan fingerprint density at radius 1 is 0.941 bits per heavy atom. The molecule has 0 unspecified atom stereocenters. The summed E-state index contributed by atoms with van der Waals surface area (Å²) in [6.07, 6.45) is 5.51. The number of rotatable bonds is 1. The molecule has 0 aliphatic heterocycles. The molecular formula is C12H7Br2N3. The van der Waals surface area contributed by atoms with E-state index in [-0.39, 0.29) is 0 Å². The van der Waals surface area contributed by atoms with E-state index in [2.05, 4.69) is 41.9 Å². The predicted octanol–water partition coefficient (Wildman–Crippen LogP) is 3.95. The molecule has 0 saturated heterocycles. The van der Waals surface area contributed by atoms with Gasteiger partial charge in [-0.3, -0.25) is 4.98 Å². The van der Waals surface area contributed by atoms with E-state index in [0.29, 0.717) is 0 Å². The van der Waals surface area contributed by atoms with Gasteiger partial charge in [0.15, 0.2) is 0 Å². The van der Waals surface area contributed by atoms with Crippen LogP contribution in [0, 0.1) is 0 Å². The third-order valence-electron chi connectivity index (χ3n) is 2.50. The first-order valence-electron chi connectivity index (χ1n) is 4.99. The lowest BCUT2D eigenvalue weighted by molar-refractivity contribution is 0.892. The van der Waals surface area contributed by atoms with Gasteiger partial charge in [0.1, 0.15) is 5.52 Å². The molecule has 2 aromatic heterocycles. The molecule has 3 aromatic rings. The van der Waals surface area contributed by atoms with Crippen molar-refractivity contribution in [2.24, 2.45) is 0 Å². The quantitative estimate of drug-likeness (QED) is 0.664. The Morgan fingerprint density at radius 2 is 1.65 bits per heavy atom. The molecule has 2 heterocycles. The molecular weight excluding hydrogens is 346 g/mol. The number of hydrogen-bond donors (Lipinski definition) is 0. The average Bonchev–Trinajstić information content (AvgIpc) is 2.81. The molecule has 0 spiro atoms. The monoisotopic (exact) mass is 351 g/mol. The maximum atomic E-state index is 4.56. The average molecular weight is 353 g/mol. The van der Waals surface area contributed by atoms with Crippen molar-refractivity contribution in [2.75, 3.05) is 0 Å². The molecule has 3 nitrogen and oxygen atoms in total. The summed E-state index contributed by atoms with van der Waals surface area (Å²) in [6, 6.07) is 7.84. The fraction of sp³-hybridized carbons (Fsp3) is 0. The summed E-state index contributed by atoms with van der Waals surface area (Å²) >= 11 is 7.04. The third-order valence-corrected chi connectivity index (χ3v) is 3.83. The summed E-state index contributed by atoms with van der Waals surface area (Å²) in [5.74, 6) is 0. The topological polar surface area (TPSA) is 30.7 Å². The molecule has 0 saturated carbocycles. The standard InChI is InChI=1S/C12H7Br2N3/c13-10-1-2-11(14)12-9(10)7-17(16-12)8-3-5-15-6-4-8/h1-7H. The minimum Gasteiger partial charge on any atom is -0.265 e. The number of aromatic nitrogens is 3. The van der Waals surface area contributed by atoms with Gasteiger partial charge in [-0.05, 0) is 40.2 Å². The Kier molecular flexibility index (Phi) is 2.72. The Hall–Kier alpha value is -1.20. The van der Waals surface area contributed by atoms with Crippen molar-refractivity contribution in [3.8, 4) is 5.69 Å². The zero-order valence-corrected chi connectivity index (χ0v) is 11.8. The minimum atomic E-state index is 0.941. The summed E-state index contributed by atoms with van der Waals surface area (Å²) in [5, 5.41) is 5.64. The van der Waals surface area contributed by atoms with Gasteiger partial charge in [0.05, 0.1) is 5.69 Å². The van der Waals surface area contributed by atoms with Crippen molar-refractivity contribution in [3.05, 3.63) is 51.8 Å². The first-order valence-corrected chi connectivity index (χ1v) is 6.58. The number of fused-ring (bicyclic) bond motifs is 1. The summed E-state index contributed by atoms with van der Waals surface area (Å²) in [7, 11) is 0. The van der Waals surface area contributed by atoms with Gasteiger partial charge in [-0.2, -0.15) is 5.10 Å². The van der Waals surface area contributed by atoms with Gasteiger partial charge in [0, 0.05) is 32.9 Å². The Morgan fingerprint density at radius 3 is 2.35 bits per heavy atom. The van der Waals surface area contributed by atoms with E-state index in [1.807, 2.05) is 35.1 Å². The molecule has 0 radical (unpaired) electrons. The summed E-state index contributed by atoms with van der Waals surface area (Å²) in [5.41, 5.74) is 1.94. The smallest absolute Gasteiger partial charge is 0.108 e. The van der Waals surface area contributed by atoms with Crippen LogP contribution in [0.3, 0.4) is 0 Å². The maximum absolute atomic E-state index is 4.56. The van der Waals surface area contributed by atoms with E-state index in [1.54, 1.807) is 12.4 Å². The summed E-state index contributed by atoms with van der Waals surface area (Å²) in [4.78, 5) is 4.00. The van der Waals surface area contributed by atoms with Gasteiger partial charge in [0.25, 0.3) is 0 Å². The van der Waals surface area contributed by atoms with Crippen molar-refractivity contribution in [2.45, 2.75) is 0 Å². The third kappa shape index (κ3) is 1.89. The van der Waals surface area contributed by atoms with E-state index in [0.717, 1.165) is 25.5 Å². The van der Waals surface area contributed by atoms with Crippen molar-refractivity contribution < 1.29 is 0 Å². The Balaban J connectivity index is 2.27. The second-order valence-electron chi connectivity index (χ2n) is 3.57. The van der Waals surface area contributed by atoms with Crippen LogP contribution in [-0.2, 0) is 0 Å². The highest BCUT2D eigenvalue weighted by Crippen LogP contribution is 2.29. The fourth-order valence-electron chi connectivity index (χ4n) is 1.67. The molecule has 0 bridgehead atoms. The zero-order valence-electron chi connectivity index (χ0n) is 8.64. The largest absolute Gasteiger partial charge is 0.265 e. The van der Waals surface area contributed by atoms with Crippen LogP contribution in [-0.4, -0.2) is 14.8 Å². The highest BCUT2D eigenvalue weighted by atomic mass is 79.9. The van der Waals surface area contributed by atoms with Crippen LogP contribution in [0.2, 0.25) is 0 Å². The normalized spacial score (nSPS) is 10.9. The van der Waals surface area contributed by atoms with E-state index in [9.17, 15) is 0 Å². The summed E-state index contributed by atoms with van der Waals surface area (Å²) < 4.78 is 3.88. The SMILES string of the molecule is Brc1ccc(Br)c2nn(-c3ccncc3)cc12. The number of nitrogens with zero attached hydrogens (tertiary/aromatic N) is 3. The molecule has 1 aromatic carbocycles. The van der Waals surface area contributed by atoms with Gasteiger partial charge >= 0.3 is 0 Å². The number of halogens is 2. The highest BCUT2D eigenvalue weighted by Gasteiger charge is 2.08. The van der Waals surface area contributed by atoms with Gasteiger partial charge in [0.2, 0.25) is 0 Å². The lowest BCUT2D eigenvalue weighted by atomic mass is 10.3. The second kappa shape index (κ2) is 4.23. The van der Waals surface area contributed by atoms with Crippen molar-refractivity contribution in [3.63, 3.8) is 0 Å². The molecule has 3 rings (SSSR count). The second-order valence-corrected chi connectivity index (χ2v) is 5.28. The maximum Gasteiger partial charge on any atom is 0.108 e. The van der Waals surface area contributed by atoms with E-state index in [1.165, 1.54) is 0 Å². The molecule has 0 atom stereocenters. The van der Waals surface area contributed by atoms with Gasteiger partial charge in [-0.25, -0.2) is 4.68 Å². The van der Waals surface area contributed by atoms with Crippen LogP contribution in [0.15, 0.2) is 51.8 Å². The molecule has 0 fully saturated rings. The van der Waals surface area contributed by atoms with Crippen LogP contribution in [0.1, 0.15) is 0 Å². The van der Waals surface area contributed by atoms with E-state index >= 15 is 0 Å². The van der Waals surface area contributed by atoms with Gasteiger partial charge < -0.3 is 0 Å². The van der Waals surface area contributed by atoms with Crippen LogP contribution in [0.4, 0.5) is 0 Å². The zero-order chi connectivity index (χ0) is 11.8. The first-order chi connectivity index (χ1) is 8.25. The number of pyridine rings is 1. The lowest BCUT2D eigenvalue weighted by Gasteiger charge is -1.97. The Labute approximate surface area is 115 Å². The minimum absolute atomic E-state index is 0.941. The van der Waals surface area contributed by atoms with Crippen LogP contribution < -0.4 is 0 Å².